The summed E-state index contributed by atoms with van der Waals surface area (Å²) in [5, 5.41) is 13.6. The van der Waals surface area contributed by atoms with E-state index in [9.17, 15) is 14.7 Å². The van der Waals surface area contributed by atoms with E-state index in [0.29, 0.717) is 18.7 Å². The number of carboxylic acids is 1. The maximum atomic E-state index is 11.8. The van der Waals surface area contributed by atoms with Crippen molar-refractivity contribution in [2.24, 2.45) is 5.92 Å². The first-order chi connectivity index (χ1) is 11.1. The molecule has 1 aromatic carbocycles. The molecule has 0 radical (unpaired) electrons. The van der Waals surface area contributed by atoms with E-state index >= 15 is 0 Å². The van der Waals surface area contributed by atoms with E-state index in [1.54, 1.807) is 10.9 Å². The van der Waals surface area contributed by atoms with Gasteiger partial charge in [0.25, 0.3) is 5.91 Å². The summed E-state index contributed by atoms with van der Waals surface area (Å²) in [6.45, 7) is 2.54. The molecule has 0 aliphatic carbocycles. The highest BCUT2D eigenvalue weighted by atomic mass is 32.1. The predicted octanol–water partition coefficient (Wildman–Crippen LogP) is 2.22. The van der Waals surface area contributed by atoms with Crippen LogP contribution in [0.2, 0.25) is 0 Å². The molecule has 0 aliphatic rings. The van der Waals surface area contributed by atoms with Crippen molar-refractivity contribution in [3.63, 3.8) is 0 Å². The summed E-state index contributed by atoms with van der Waals surface area (Å²) in [4.78, 5) is 27.1. The lowest BCUT2D eigenvalue weighted by atomic mass is 9.99. The Hall–Kier alpha value is -2.41. The van der Waals surface area contributed by atoms with Crippen molar-refractivity contribution in [3.8, 4) is 5.75 Å². The Labute approximate surface area is 138 Å². The van der Waals surface area contributed by atoms with Crippen molar-refractivity contribution in [3.05, 3.63) is 46.4 Å². The molecule has 1 aromatic heterocycles. The second-order valence-corrected chi connectivity index (χ2v) is 5.62. The van der Waals surface area contributed by atoms with Gasteiger partial charge in [-0.3, -0.25) is 9.59 Å². The first-order valence-electron chi connectivity index (χ1n) is 7.21. The van der Waals surface area contributed by atoms with Gasteiger partial charge in [-0.15, -0.1) is 11.3 Å². The smallest absolute Gasteiger partial charge is 0.308 e. The van der Waals surface area contributed by atoms with Crippen LogP contribution in [0.4, 0.5) is 0 Å². The Morgan fingerprint density at radius 1 is 1.35 bits per heavy atom. The van der Waals surface area contributed by atoms with E-state index in [4.69, 9.17) is 4.74 Å². The van der Waals surface area contributed by atoms with Crippen LogP contribution < -0.4 is 10.1 Å². The number of ether oxygens (including phenoxy) is 1. The van der Waals surface area contributed by atoms with Crippen molar-refractivity contribution in [1.82, 2.24) is 10.3 Å². The number of carbonyl (C=O) groups excluding carboxylic acids is 1. The molecule has 0 saturated heterocycles. The summed E-state index contributed by atoms with van der Waals surface area (Å²) in [5.41, 5.74) is 2.74. The van der Waals surface area contributed by atoms with Gasteiger partial charge in [-0.05, 0) is 31.0 Å². The van der Waals surface area contributed by atoms with Crippen molar-refractivity contribution >= 4 is 23.2 Å². The number of benzene rings is 1. The number of hydrogen-bond donors (Lipinski definition) is 2. The third kappa shape index (κ3) is 5.07. The molecule has 1 atom stereocenters. The Morgan fingerprint density at radius 2 is 2.09 bits per heavy atom. The van der Waals surface area contributed by atoms with Gasteiger partial charge in [0.1, 0.15) is 11.4 Å². The normalized spacial score (nSPS) is 11.7. The van der Waals surface area contributed by atoms with Gasteiger partial charge in [0.15, 0.2) is 0 Å². The summed E-state index contributed by atoms with van der Waals surface area (Å²) in [6.07, 6.45) is 0.332. The zero-order chi connectivity index (χ0) is 16.7. The highest BCUT2D eigenvalue weighted by Gasteiger charge is 2.20. The lowest BCUT2D eigenvalue weighted by molar-refractivity contribution is -0.141. The average molecular weight is 334 g/mol. The van der Waals surface area contributed by atoms with Gasteiger partial charge in [-0.25, -0.2) is 4.98 Å². The average Bonchev–Trinajstić information content (AvgIpc) is 3.07. The van der Waals surface area contributed by atoms with Crippen LogP contribution in [0, 0.1) is 5.92 Å². The van der Waals surface area contributed by atoms with Crippen LogP contribution >= 0.6 is 11.3 Å². The summed E-state index contributed by atoms with van der Waals surface area (Å²) < 4.78 is 5.35. The monoisotopic (exact) mass is 334 g/mol. The van der Waals surface area contributed by atoms with Gasteiger partial charge < -0.3 is 15.2 Å². The molecule has 2 rings (SSSR count). The maximum absolute atomic E-state index is 11.8. The standard InChI is InChI=1S/C16H18N2O4S/c1-2-22-13-5-3-11(4-6-13)7-12(16(20)21)8-17-15(19)14-9-23-10-18-14/h3-6,9-10,12H,2,7-8H2,1H3,(H,17,19)(H,20,21)/t12-/m1/s1. The van der Waals surface area contributed by atoms with E-state index in [0.717, 1.165) is 11.3 Å². The molecule has 1 heterocycles. The zero-order valence-corrected chi connectivity index (χ0v) is 13.5. The molecule has 0 spiro atoms. The van der Waals surface area contributed by atoms with Gasteiger partial charge in [-0.2, -0.15) is 0 Å². The minimum Gasteiger partial charge on any atom is -0.494 e. The second-order valence-electron chi connectivity index (χ2n) is 4.90. The highest BCUT2D eigenvalue weighted by molar-refractivity contribution is 7.07. The number of nitrogens with one attached hydrogen (secondary N) is 1. The molecule has 6 nitrogen and oxygen atoms in total. The van der Waals surface area contributed by atoms with Crippen LogP contribution in [-0.4, -0.2) is 35.1 Å². The van der Waals surface area contributed by atoms with Crippen LogP contribution in [0.1, 0.15) is 23.0 Å². The van der Waals surface area contributed by atoms with Crippen LogP contribution in [0.15, 0.2) is 35.2 Å². The van der Waals surface area contributed by atoms with Crippen LogP contribution in [0.3, 0.4) is 0 Å². The topological polar surface area (TPSA) is 88.5 Å². The Morgan fingerprint density at radius 3 is 2.65 bits per heavy atom. The van der Waals surface area contributed by atoms with E-state index < -0.39 is 11.9 Å². The van der Waals surface area contributed by atoms with Gasteiger partial charge >= 0.3 is 5.97 Å². The minimum absolute atomic E-state index is 0.0545. The number of carboxylic acid groups (broad SMARTS) is 1. The largest absolute Gasteiger partial charge is 0.494 e. The van der Waals surface area contributed by atoms with E-state index in [1.165, 1.54) is 11.3 Å². The fourth-order valence-corrected chi connectivity index (χ4v) is 2.58. The molecule has 0 unspecified atom stereocenters. The first kappa shape index (κ1) is 17.0. The fraction of sp³-hybridized carbons (Fsp3) is 0.312. The second kappa shape index (κ2) is 8.28. The van der Waals surface area contributed by atoms with E-state index in [-0.39, 0.29) is 12.5 Å². The van der Waals surface area contributed by atoms with Crippen molar-refractivity contribution in [2.45, 2.75) is 13.3 Å². The van der Waals surface area contributed by atoms with Crippen molar-refractivity contribution in [2.75, 3.05) is 13.2 Å². The lowest BCUT2D eigenvalue weighted by Gasteiger charge is -2.13. The molecule has 2 aromatic rings. The lowest BCUT2D eigenvalue weighted by Crippen LogP contribution is -2.34. The molecule has 7 heteroatoms. The molecule has 0 fully saturated rings. The molecule has 122 valence electrons. The SMILES string of the molecule is CCOc1ccc(C[C@H](CNC(=O)c2cscn2)C(=O)O)cc1. The molecule has 1 amide bonds. The number of carbonyl (C=O) groups is 2. The van der Waals surface area contributed by atoms with Gasteiger partial charge in [0.2, 0.25) is 0 Å². The summed E-state index contributed by atoms with van der Waals surface area (Å²) in [6, 6.07) is 7.30. The van der Waals surface area contributed by atoms with Gasteiger partial charge in [0.05, 0.1) is 18.0 Å². The third-order valence-electron chi connectivity index (χ3n) is 3.24. The highest BCUT2D eigenvalue weighted by Crippen LogP contribution is 2.15. The van der Waals surface area contributed by atoms with Gasteiger partial charge in [0, 0.05) is 11.9 Å². The number of amides is 1. The number of rotatable bonds is 8. The molecule has 0 aliphatic heterocycles. The number of thiazole rings is 1. The van der Waals surface area contributed by atoms with Gasteiger partial charge in [-0.1, -0.05) is 12.1 Å². The van der Waals surface area contributed by atoms with E-state index in [2.05, 4.69) is 10.3 Å². The molecule has 23 heavy (non-hydrogen) atoms. The van der Waals surface area contributed by atoms with Crippen LogP contribution in [0.25, 0.3) is 0 Å². The zero-order valence-electron chi connectivity index (χ0n) is 12.7. The minimum atomic E-state index is -0.947. The summed E-state index contributed by atoms with van der Waals surface area (Å²) in [7, 11) is 0. The number of hydrogen-bond acceptors (Lipinski definition) is 5. The molecular weight excluding hydrogens is 316 g/mol. The predicted molar refractivity (Wildman–Crippen MR) is 86.9 cm³/mol. The molecule has 0 saturated carbocycles. The van der Waals surface area contributed by atoms with Crippen molar-refractivity contribution in [1.29, 1.82) is 0 Å². The van der Waals surface area contributed by atoms with Crippen LogP contribution in [0.5, 0.6) is 5.75 Å². The Kier molecular flexibility index (Phi) is 6.10. The fourth-order valence-electron chi connectivity index (χ4n) is 2.05. The van der Waals surface area contributed by atoms with E-state index in [1.807, 2.05) is 31.2 Å². The van der Waals surface area contributed by atoms with Crippen molar-refractivity contribution < 1.29 is 19.4 Å². The third-order valence-corrected chi connectivity index (χ3v) is 3.83. The molecule has 2 N–H and O–H groups in total. The summed E-state index contributed by atoms with van der Waals surface area (Å²) >= 11 is 1.32. The quantitative estimate of drug-likeness (QED) is 0.773. The Balaban J connectivity index is 1.93. The Bertz CT molecular complexity index is 641. The number of aliphatic carboxylic acids is 1. The van der Waals surface area contributed by atoms with Crippen LogP contribution in [-0.2, 0) is 11.2 Å². The number of nitrogens with zero attached hydrogens (tertiary/aromatic N) is 1. The summed E-state index contributed by atoms with van der Waals surface area (Å²) in [5.74, 6) is -1.25. The number of aromatic nitrogens is 1. The first-order valence-corrected chi connectivity index (χ1v) is 8.15. The molecular formula is C16H18N2O4S. The molecule has 0 bridgehead atoms. The maximum Gasteiger partial charge on any atom is 0.308 e.